The topological polar surface area (TPSA) is 121 Å². The first kappa shape index (κ1) is 23.0. The molecular formula is C15H9BrF3NO7S2. The highest BCUT2D eigenvalue weighted by atomic mass is 79.9. The molecule has 0 saturated carbocycles. The molecular weight excluding hydrogens is 507 g/mol. The van der Waals surface area contributed by atoms with Gasteiger partial charge in [0.25, 0.3) is 15.5 Å². The van der Waals surface area contributed by atoms with E-state index in [9.17, 15) is 40.7 Å². The fraction of sp³-hybridized carbons (Fsp3) is 0.133. The van der Waals surface area contributed by atoms with Crippen LogP contribution in [0.3, 0.4) is 0 Å². The molecule has 0 N–H and O–H groups in total. The lowest BCUT2D eigenvalue weighted by Crippen LogP contribution is -2.23. The van der Waals surface area contributed by atoms with Crippen LogP contribution in [0.15, 0.2) is 56.7 Å². The molecule has 1 unspecified atom stereocenters. The van der Waals surface area contributed by atoms with Crippen LogP contribution in [0, 0.1) is 10.1 Å². The van der Waals surface area contributed by atoms with E-state index in [0.29, 0.717) is 16.6 Å². The highest BCUT2D eigenvalue weighted by Gasteiger charge is 2.47. The number of hydrogen-bond acceptors (Lipinski definition) is 7. The first-order chi connectivity index (χ1) is 13.3. The number of nitro benzene ring substituents is 1. The second-order valence-corrected chi connectivity index (χ2v) is 9.53. The smallest absolute Gasteiger partial charge is 0.426 e. The lowest BCUT2D eigenvalue weighted by atomic mass is 10.3. The molecule has 29 heavy (non-hydrogen) atoms. The van der Waals surface area contributed by atoms with Gasteiger partial charge in [-0.3, -0.25) is 19.1 Å². The third kappa shape index (κ3) is 5.39. The molecule has 0 amide bonds. The van der Waals surface area contributed by atoms with E-state index >= 15 is 0 Å². The Morgan fingerprint density at radius 3 is 2.28 bits per heavy atom. The summed E-state index contributed by atoms with van der Waals surface area (Å²) in [7, 11) is -8.22. The van der Waals surface area contributed by atoms with Crippen molar-refractivity contribution in [2.24, 2.45) is 0 Å². The van der Waals surface area contributed by atoms with Crippen molar-refractivity contribution in [2.75, 3.05) is 5.75 Å². The van der Waals surface area contributed by atoms with Crippen molar-refractivity contribution in [3.63, 3.8) is 0 Å². The number of halogens is 4. The van der Waals surface area contributed by atoms with E-state index in [4.69, 9.17) is 4.74 Å². The molecule has 0 bridgehead atoms. The summed E-state index contributed by atoms with van der Waals surface area (Å²) in [5, 5.41) is 11.1. The van der Waals surface area contributed by atoms with Gasteiger partial charge in [0.2, 0.25) is 0 Å². The highest BCUT2D eigenvalue weighted by Crippen LogP contribution is 2.34. The van der Waals surface area contributed by atoms with Gasteiger partial charge in [-0.25, -0.2) is 8.42 Å². The second-order valence-electron chi connectivity index (χ2n) is 5.25. The zero-order valence-corrected chi connectivity index (χ0v) is 17.1. The fourth-order valence-corrected chi connectivity index (χ4v) is 4.04. The van der Waals surface area contributed by atoms with Crippen molar-refractivity contribution >= 4 is 48.2 Å². The number of benzene rings is 2. The molecule has 0 radical (unpaired) electrons. The molecule has 0 saturated heterocycles. The average Bonchev–Trinajstić information content (AvgIpc) is 2.62. The number of nitrogens with zero attached hydrogens (tertiary/aromatic N) is 1. The van der Waals surface area contributed by atoms with Crippen LogP contribution in [0.2, 0.25) is 0 Å². The number of esters is 1. The lowest BCUT2D eigenvalue weighted by molar-refractivity contribution is -0.388. The van der Waals surface area contributed by atoms with Gasteiger partial charge in [0.1, 0.15) is 16.4 Å². The summed E-state index contributed by atoms with van der Waals surface area (Å²) in [6, 6.07) is 7.14. The molecule has 1 atom stereocenters. The van der Waals surface area contributed by atoms with Crippen molar-refractivity contribution in [1.29, 1.82) is 0 Å². The minimum absolute atomic E-state index is 0.108. The normalized spacial score (nSPS) is 13.0. The van der Waals surface area contributed by atoms with Gasteiger partial charge >= 0.3 is 11.5 Å². The Hall–Kier alpha value is -2.32. The Morgan fingerprint density at radius 2 is 1.76 bits per heavy atom. The molecule has 0 spiro atoms. The van der Waals surface area contributed by atoms with Crippen molar-refractivity contribution in [2.45, 2.75) is 15.3 Å². The van der Waals surface area contributed by atoms with E-state index in [1.54, 1.807) is 12.1 Å². The van der Waals surface area contributed by atoms with Crippen LogP contribution >= 0.6 is 15.9 Å². The van der Waals surface area contributed by atoms with Gasteiger partial charge in [-0.2, -0.15) is 13.2 Å². The lowest BCUT2D eigenvalue weighted by Gasteiger charge is -2.09. The van der Waals surface area contributed by atoms with Gasteiger partial charge in [0.05, 0.1) is 20.6 Å². The molecule has 2 aromatic carbocycles. The van der Waals surface area contributed by atoms with Gasteiger partial charge in [0.15, 0.2) is 0 Å². The quantitative estimate of drug-likeness (QED) is 0.250. The average molecular weight is 516 g/mol. The minimum atomic E-state index is -5.84. The minimum Gasteiger partial charge on any atom is -0.426 e. The van der Waals surface area contributed by atoms with Crippen LogP contribution in [0.25, 0.3) is 0 Å². The molecule has 0 aromatic heterocycles. The Kier molecular flexibility index (Phi) is 6.80. The largest absolute Gasteiger partial charge is 0.501 e. The zero-order valence-electron chi connectivity index (χ0n) is 13.9. The second kappa shape index (κ2) is 8.59. The summed E-state index contributed by atoms with van der Waals surface area (Å²) in [5.74, 6) is -1.76. The molecule has 0 aliphatic carbocycles. The van der Waals surface area contributed by atoms with E-state index < -0.39 is 58.3 Å². The Labute approximate surface area is 172 Å². The summed E-state index contributed by atoms with van der Waals surface area (Å²) in [5.41, 5.74) is -6.80. The van der Waals surface area contributed by atoms with Crippen molar-refractivity contribution in [3.8, 4) is 5.75 Å². The monoisotopic (exact) mass is 515 g/mol. The summed E-state index contributed by atoms with van der Waals surface area (Å²) >= 11 is 3.17. The number of alkyl halides is 3. The Balaban J connectivity index is 2.29. The summed E-state index contributed by atoms with van der Waals surface area (Å²) in [4.78, 5) is 19.8. The van der Waals surface area contributed by atoms with Crippen molar-refractivity contribution < 1.29 is 40.3 Å². The van der Waals surface area contributed by atoms with Crippen LogP contribution < -0.4 is 4.74 Å². The van der Waals surface area contributed by atoms with E-state index in [1.807, 2.05) is 0 Å². The summed E-state index contributed by atoms with van der Waals surface area (Å²) in [6.07, 6.45) is 0. The van der Waals surface area contributed by atoms with Crippen LogP contribution in [-0.4, -0.2) is 34.8 Å². The number of rotatable bonds is 6. The SMILES string of the molecule is O=C(CS(=O)c1ccc(S(=O)(=O)C(F)(F)F)cc1[N+](=O)[O-])Oc1ccc(Br)cc1. The number of carbonyl (C=O) groups excluding carboxylic acids is 1. The maximum Gasteiger partial charge on any atom is 0.501 e. The number of carbonyl (C=O) groups is 1. The zero-order chi connectivity index (χ0) is 22.0. The Morgan fingerprint density at radius 1 is 1.17 bits per heavy atom. The number of hydrogen-bond donors (Lipinski definition) is 0. The number of ether oxygens (including phenoxy) is 1. The molecule has 2 rings (SSSR count). The standard InChI is InChI=1S/C15H9BrF3NO7S2/c16-9-1-3-10(4-2-9)27-14(21)8-28(24)13-6-5-11(7-12(13)20(22)23)29(25,26)15(17,18)19/h1-7H,8H2. The number of nitro groups is 1. The predicted molar refractivity (Wildman–Crippen MR) is 97.4 cm³/mol. The van der Waals surface area contributed by atoms with E-state index in [-0.39, 0.29) is 11.8 Å². The Bertz CT molecular complexity index is 1090. The predicted octanol–water partition coefficient (Wildman–Crippen LogP) is 3.36. The highest BCUT2D eigenvalue weighted by molar-refractivity contribution is 9.10. The first-order valence-electron chi connectivity index (χ1n) is 7.27. The summed E-state index contributed by atoms with van der Waals surface area (Å²) in [6.45, 7) is 0. The fourth-order valence-electron chi connectivity index (χ4n) is 1.98. The van der Waals surface area contributed by atoms with Gasteiger partial charge in [0, 0.05) is 10.5 Å². The summed E-state index contributed by atoms with van der Waals surface area (Å²) < 4.78 is 78.7. The molecule has 0 fully saturated rings. The molecule has 0 aliphatic rings. The third-order valence-corrected chi connectivity index (χ3v) is 6.63. The van der Waals surface area contributed by atoms with Gasteiger partial charge < -0.3 is 4.74 Å². The van der Waals surface area contributed by atoms with E-state index in [2.05, 4.69) is 15.9 Å². The first-order valence-corrected chi connectivity index (χ1v) is 10.9. The van der Waals surface area contributed by atoms with Gasteiger partial charge in [-0.15, -0.1) is 0 Å². The maximum atomic E-state index is 12.6. The van der Waals surface area contributed by atoms with E-state index in [1.165, 1.54) is 12.1 Å². The molecule has 156 valence electrons. The van der Waals surface area contributed by atoms with E-state index in [0.717, 1.165) is 0 Å². The van der Waals surface area contributed by atoms with Crippen LogP contribution in [-0.2, 0) is 25.4 Å². The third-order valence-electron chi connectivity index (χ3n) is 3.28. The molecule has 14 heteroatoms. The molecule has 8 nitrogen and oxygen atoms in total. The van der Waals surface area contributed by atoms with Crippen LogP contribution in [0.5, 0.6) is 5.75 Å². The van der Waals surface area contributed by atoms with Crippen molar-refractivity contribution in [1.82, 2.24) is 0 Å². The van der Waals surface area contributed by atoms with Crippen LogP contribution in [0.1, 0.15) is 0 Å². The molecule has 2 aromatic rings. The van der Waals surface area contributed by atoms with Gasteiger partial charge in [-0.1, -0.05) is 15.9 Å². The maximum absolute atomic E-state index is 12.6. The van der Waals surface area contributed by atoms with Gasteiger partial charge in [-0.05, 0) is 36.4 Å². The van der Waals surface area contributed by atoms with Crippen LogP contribution in [0.4, 0.5) is 18.9 Å². The van der Waals surface area contributed by atoms with Crippen molar-refractivity contribution in [3.05, 3.63) is 57.1 Å². The molecule has 0 aliphatic heterocycles. The number of sulfone groups is 1. The molecule has 0 heterocycles.